The van der Waals surface area contributed by atoms with Gasteiger partial charge in [0.2, 0.25) is 11.9 Å². The number of fused-ring (bicyclic) bond motifs is 3. The van der Waals surface area contributed by atoms with Gasteiger partial charge in [0, 0.05) is 42.2 Å². The molecule has 5 rings (SSSR count). The number of hydrogen-bond donors (Lipinski definition) is 1. The van der Waals surface area contributed by atoms with E-state index in [1.165, 1.54) is 12.3 Å². The van der Waals surface area contributed by atoms with E-state index in [1.807, 2.05) is 6.07 Å². The first kappa shape index (κ1) is 24.4. The van der Waals surface area contributed by atoms with E-state index in [-0.39, 0.29) is 36.4 Å². The molecule has 2 bridgehead atoms. The number of esters is 1. The molecule has 4 heterocycles. The van der Waals surface area contributed by atoms with Gasteiger partial charge in [-0.3, -0.25) is 14.5 Å². The minimum Gasteiger partial charge on any atom is -0.432 e. The van der Waals surface area contributed by atoms with Crippen LogP contribution in [0.1, 0.15) is 48.9 Å². The van der Waals surface area contributed by atoms with E-state index in [0.717, 1.165) is 11.0 Å². The van der Waals surface area contributed by atoms with Crippen molar-refractivity contribution in [1.29, 1.82) is 5.26 Å². The van der Waals surface area contributed by atoms with Crippen LogP contribution in [0.15, 0.2) is 18.3 Å². The summed E-state index contributed by atoms with van der Waals surface area (Å²) in [5.41, 5.74) is 4.69. The molecule has 1 saturated carbocycles. The lowest BCUT2D eigenvalue weighted by atomic mass is 9.84. The highest BCUT2D eigenvalue weighted by atomic mass is 19.4. The van der Waals surface area contributed by atoms with Gasteiger partial charge in [0.1, 0.15) is 6.04 Å². The molecule has 1 aliphatic carbocycles. The Morgan fingerprint density at radius 3 is 2.47 bits per heavy atom. The van der Waals surface area contributed by atoms with Crippen molar-refractivity contribution in [2.24, 2.45) is 17.6 Å². The maximum absolute atomic E-state index is 13.5. The fourth-order valence-electron chi connectivity index (χ4n) is 6.23. The van der Waals surface area contributed by atoms with E-state index in [4.69, 9.17) is 10.5 Å². The fraction of sp³-hybridized carbons (Fsp3) is 0.609. The number of pyridine rings is 1. The van der Waals surface area contributed by atoms with E-state index < -0.39 is 53.6 Å². The summed E-state index contributed by atoms with van der Waals surface area (Å²) in [5.74, 6) is -5.22. The molecule has 3 aliphatic heterocycles. The minimum atomic E-state index is -5.24. The molecule has 192 valence electrons. The monoisotopic (exact) mass is 509 g/mol. The number of carbonyl (C=O) groups excluding carboxylic acids is 3. The van der Waals surface area contributed by atoms with Crippen molar-refractivity contribution in [3.8, 4) is 6.07 Å². The third-order valence-corrected chi connectivity index (χ3v) is 7.90. The largest absolute Gasteiger partial charge is 0.491 e. The number of nitrogens with zero attached hydrogens (tertiary/aromatic N) is 4. The van der Waals surface area contributed by atoms with Gasteiger partial charge in [-0.2, -0.15) is 22.8 Å². The zero-order valence-electron chi connectivity index (χ0n) is 18.9. The molecular formula is C23H23F4N5O4. The van der Waals surface area contributed by atoms with Gasteiger partial charge in [-0.05, 0) is 44.1 Å². The summed E-state index contributed by atoms with van der Waals surface area (Å²) >= 11 is 0. The quantitative estimate of drug-likeness (QED) is 0.373. The molecule has 13 heteroatoms. The van der Waals surface area contributed by atoms with Crippen molar-refractivity contribution in [1.82, 2.24) is 14.8 Å². The van der Waals surface area contributed by atoms with Crippen LogP contribution in [0.3, 0.4) is 0 Å². The number of aromatic nitrogens is 1. The zero-order valence-corrected chi connectivity index (χ0v) is 18.9. The maximum Gasteiger partial charge on any atom is 0.491 e. The first-order valence-electron chi connectivity index (χ1n) is 11.7. The van der Waals surface area contributed by atoms with Crippen LogP contribution in [-0.2, 0) is 14.3 Å². The molecule has 36 heavy (non-hydrogen) atoms. The second-order valence-corrected chi connectivity index (χ2v) is 9.94. The van der Waals surface area contributed by atoms with E-state index in [1.54, 1.807) is 4.90 Å². The third-order valence-electron chi connectivity index (χ3n) is 7.90. The molecule has 4 fully saturated rings. The molecule has 0 spiro atoms. The van der Waals surface area contributed by atoms with Crippen LogP contribution in [0, 0.1) is 29.1 Å². The van der Waals surface area contributed by atoms with Crippen molar-refractivity contribution >= 4 is 17.8 Å². The summed E-state index contributed by atoms with van der Waals surface area (Å²) in [4.78, 5) is 44.1. The summed E-state index contributed by atoms with van der Waals surface area (Å²) in [6, 6.07) is 1.71. The minimum absolute atomic E-state index is 0.0200. The number of nitrogens with two attached hydrogens (primary N) is 1. The van der Waals surface area contributed by atoms with Gasteiger partial charge in [0.25, 0.3) is 5.91 Å². The zero-order chi connectivity index (χ0) is 26.0. The molecule has 2 amide bonds. The summed E-state index contributed by atoms with van der Waals surface area (Å²) in [6.45, 7) is 0. The number of piperidine rings is 2. The number of carbonyl (C=O) groups is 3. The number of hydrogen-bond acceptors (Lipinski definition) is 7. The number of halogens is 4. The maximum atomic E-state index is 13.5. The Bertz CT molecular complexity index is 1140. The first-order valence-corrected chi connectivity index (χ1v) is 11.7. The molecule has 0 aromatic carbocycles. The van der Waals surface area contributed by atoms with Crippen molar-refractivity contribution in [3.05, 3.63) is 29.8 Å². The van der Waals surface area contributed by atoms with Crippen LogP contribution < -0.4 is 5.73 Å². The van der Waals surface area contributed by atoms with Gasteiger partial charge in [-0.1, -0.05) is 0 Å². The number of nitriles is 1. The predicted molar refractivity (Wildman–Crippen MR) is 112 cm³/mol. The summed E-state index contributed by atoms with van der Waals surface area (Å²) < 4.78 is 56.9. The van der Waals surface area contributed by atoms with Crippen LogP contribution in [0.25, 0.3) is 0 Å². The van der Waals surface area contributed by atoms with Crippen LogP contribution in [0.5, 0.6) is 0 Å². The highest BCUT2D eigenvalue weighted by molar-refractivity contribution is 5.95. The van der Waals surface area contributed by atoms with E-state index in [0.29, 0.717) is 25.7 Å². The number of amides is 2. The van der Waals surface area contributed by atoms with Gasteiger partial charge in [-0.15, -0.1) is 0 Å². The summed E-state index contributed by atoms with van der Waals surface area (Å²) in [5, 5.41) is 9.52. The molecule has 2 N–H and O–H groups in total. The number of rotatable bonds is 4. The van der Waals surface area contributed by atoms with Gasteiger partial charge in [0.15, 0.2) is 5.72 Å². The molecule has 4 aliphatic rings. The second kappa shape index (κ2) is 8.40. The van der Waals surface area contributed by atoms with Crippen LogP contribution in [0.2, 0.25) is 0 Å². The Labute approximate surface area is 203 Å². The highest BCUT2D eigenvalue weighted by Gasteiger charge is 2.72. The molecule has 6 atom stereocenters. The first-order chi connectivity index (χ1) is 17.0. The molecule has 3 saturated heterocycles. The Kier molecular flexibility index (Phi) is 5.70. The Morgan fingerprint density at radius 2 is 1.89 bits per heavy atom. The predicted octanol–water partition coefficient (Wildman–Crippen LogP) is 1.88. The molecule has 0 radical (unpaired) electrons. The SMILES string of the molecule is N#C[C@H]1C[C@H]2C[C@]2(OC(=O)C(F)(F)F)N1C(=O)[C@@H](N)C1CC2CCC(C1)N2C(=O)c1ccnc(F)c1. The second-order valence-electron chi connectivity index (χ2n) is 9.94. The van der Waals surface area contributed by atoms with Crippen molar-refractivity contribution < 1.29 is 36.7 Å². The average Bonchev–Trinajstić information content (AvgIpc) is 3.32. The lowest BCUT2D eigenvalue weighted by molar-refractivity contribution is -0.217. The Balaban J connectivity index is 1.31. The van der Waals surface area contributed by atoms with Gasteiger partial charge >= 0.3 is 12.1 Å². The van der Waals surface area contributed by atoms with Gasteiger partial charge in [0.05, 0.1) is 12.1 Å². The van der Waals surface area contributed by atoms with E-state index in [2.05, 4.69) is 4.98 Å². The van der Waals surface area contributed by atoms with Gasteiger partial charge in [-0.25, -0.2) is 9.78 Å². The lowest BCUT2D eigenvalue weighted by Gasteiger charge is -2.42. The molecule has 1 aromatic rings. The lowest BCUT2D eigenvalue weighted by Crippen LogP contribution is -2.58. The van der Waals surface area contributed by atoms with Crippen molar-refractivity contribution in [2.75, 3.05) is 0 Å². The molecule has 1 aromatic heterocycles. The third kappa shape index (κ3) is 3.87. The number of likely N-dealkylation sites (tertiary alicyclic amines) is 1. The Morgan fingerprint density at radius 1 is 1.22 bits per heavy atom. The molecule has 2 unspecified atom stereocenters. The van der Waals surface area contributed by atoms with Crippen molar-refractivity contribution in [2.45, 2.75) is 74.6 Å². The van der Waals surface area contributed by atoms with Crippen LogP contribution in [-0.4, -0.2) is 68.6 Å². The standard InChI is InChI=1S/C23H23F4N5O4/c24-17-7-11(3-4-30-17)19(33)31-14-1-2-15(31)6-12(5-14)18(29)20(34)32-16(10-28)8-13-9-22(13,32)36-21(35)23(25,26)27/h3-4,7,12-16,18H,1-2,5-6,8-9,29H2/t12?,13-,14?,15?,16+,18-,22+/m0/s1. The summed E-state index contributed by atoms with van der Waals surface area (Å²) in [7, 11) is 0. The normalized spacial score (nSPS) is 33.5. The Hall–Kier alpha value is -3.27. The van der Waals surface area contributed by atoms with Crippen LogP contribution in [0.4, 0.5) is 17.6 Å². The highest BCUT2D eigenvalue weighted by Crippen LogP contribution is 2.59. The fourth-order valence-corrected chi connectivity index (χ4v) is 6.23. The van der Waals surface area contributed by atoms with E-state index in [9.17, 15) is 37.2 Å². The topological polar surface area (TPSA) is 130 Å². The van der Waals surface area contributed by atoms with Crippen molar-refractivity contribution in [3.63, 3.8) is 0 Å². The van der Waals surface area contributed by atoms with E-state index >= 15 is 0 Å². The smallest absolute Gasteiger partial charge is 0.432 e. The number of ether oxygens (including phenoxy) is 1. The summed E-state index contributed by atoms with van der Waals surface area (Å²) in [6.07, 6.45) is -1.84. The number of alkyl halides is 3. The van der Waals surface area contributed by atoms with Gasteiger partial charge < -0.3 is 15.4 Å². The molecular weight excluding hydrogens is 486 g/mol. The average molecular weight is 509 g/mol. The van der Waals surface area contributed by atoms with Crippen LogP contribution >= 0.6 is 0 Å². The molecule has 9 nitrogen and oxygen atoms in total.